The topological polar surface area (TPSA) is 100 Å². The summed E-state index contributed by atoms with van der Waals surface area (Å²) < 4.78 is 0. The zero-order chi connectivity index (χ0) is 15.9. The van der Waals surface area contributed by atoms with Crippen molar-refractivity contribution < 1.29 is 15.0 Å². The lowest BCUT2D eigenvalue weighted by Gasteiger charge is -2.26. The highest BCUT2D eigenvalue weighted by Crippen LogP contribution is 2.19. The Kier molecular flexibility index (Phi) is 6.77. The lowest BCUT2D eigenvalue weighted by molar-refractivity contribution is -0.137. The lowest BCUT2D eigenvalue weighted by atomic mass is 9.87. The summed E-state index contributed by atoms with van der Waals surface area (Å²) in [5.41, 5.74) is -0.226. The van der Waals surface area contributed by atoms with Crippen molar-refractivity contribution >= 4 is 5.91 Å². The van der Waals surface area contributed by atoms with Gasteiger partial charge >= 0.3 is 0 Å². The number of aromatic nitrogens is 3. The minimum atomic E-state index is -1.26. The van der Waals surface area contributed by atoms with Gasteiger partial charge in [0.05, 0.1) is 25.9 Å². The van der Waals surface area contributed by atoms with Gasteiger partial charge in [-0.25, -0.2) is 0 Å². The molecule has 1 rings (SSSR count). The van der Waals surface area contributed by atoms with Gasteiger partial charge in [-0.05, 0) is 6.42 Å². The predicted molar refractivity (Wildman–Crippen MR) is 78.3 cm³/mol. The van der Waals surface area contributed by atoms with Gasteiger partial charge in [0.25, 0.3) is 0 Å². The van der Waals surface area contributed by atoms with Gasteiger partial charge < -0.3 is 15.5 Å². The number of nitrogens with one attached hydrogen (secondary N) is 1. The second-order valence-electron chi connectivity index (χ2n) is 5.91. The molecule has 1 atom stereocenters. The van der Waals surface area contributed by atoms with Gasteiger partial charge in [-0.1, -0.05) is 33.6 Å². The van der Waals surface area contributed by atoms with E-state index in [1.165, 1.54) is 0 Å². The average molecular weight is 298 g/mol. The Morgan fingerprint density at radius 1 is 1.48 bits per heavy atom. The molecular weight excluding hydrogens is 272 g/mol. The van der Waals surface area contributed by atoms with Gasteiger partial charge in [0.2, 0.25) is 5.91 Å². The van der Waals surface area contributed by atoms with Crippen molar-refractivity contribution in [1.29, 1.82) is 0 Å². The first-order valence-electron chi connectivity index (χ1n) is 7.36. The Morgan fingerprint density at radius 2 is 2.19 bits per heavy atom. The van der Waals surface area contributed by atoms with Crippen molar-refractivity contribution in [2.45, 2.75) is 59.2 Å². The van der Waals surface area contributed by atoms with Crippen LogP contribution < -0.4 is 5.32 Å². The Hall–Kier alpha value is -1.47. The van der Waals surface area contributed by atoms with Gasteiger partial charge in [-0.15, -0.1) is 0 Å². The fourth-order valence-corrected chi connectivity index (χ4v) is 1.74. The van der Waals surface area contributed by atoms with E-state index in [2.05, 4.69) is 22.4 Å². The minimum Gasteiger partial charge on any atom is -0.396 e. The number of aryl methyl sites for hydroxylation is 1. The molecule has 1 amide bonds. The van der Waals surface area contributed by atoms with E-state index in [4.69, 9.17) is 5.11 Å². The van der Waals surface area contributed by atoms with E-state index in [-0.39, 0.29) is 13.2 Å². The summed E-state index contributed by atoms with van der Waals surface area (Å²) in [6.45, 7) is 6.10. The number of hydrogen-bond acceptors (Lipinski definition) is 5. The summed E-state index contributed by atoms with van der Waals surface area (Å²) >= 11 is 0. The molecule has 0 aliphatic carbocycles. The molecule has 0 bridgehead atoms. The fourth-order valence-electron chi connectivity index (χ4n) is 1.74. The molecule has 0 spiro atoms. The maximum Gasteiger partial charge on any atom is 0.249 e. The number of aliphatic hydroxyl groups is 2. The van der Waals surface area contributed by atoms with Crippen LogP contribution in [0.25, 0.3) is 0 Å². The number of aliphatic hydroxyl groups excluding tert-OH is 2. The predicted octanol–water partition coefficient (Wildman–Crippen LogP) is 0.464. The highest BCUT2D eigenvalue weighted by molar-refractivity contribution is 5.81. The van der Waals surface area contributed by atoms with Crippen LogP contribution in [0.3, 0.4) is 0 Å². The third-order valence-electron chi connectivity index (χ3n) is 3.39. The van der Waals surface area contributed by atoms with Crippen LogP contribution in [0.4, 0.5) is 0 Å². The Bertz CT molecular complexity index is 445. The van der Waals surface area contributed by atoms with E-state index in [9.17, 15) is 9.90 Å². The first-order chi connectivity index (χ1) is 9.90. The molecule has 0 saturated heterocycles. The zero-order valence-corrected chi connectivity index (χ0v) is 13.0. The quantitative estimate of drug-likeness (QED) is 0.575. The van der Waals surface area contributed by atoms with Crippen LogP contribution in [0.2, 0.25) is 0 Å². The van der Waals surface area contributed by atoms with Crippen molar-refractivity contribution in [2.24, 2.45) is 5.41 Å². The highest BCUT2D eigenvalue weighted by atomic mass is 16.3. The van der Waals surface area contributed by atoms with Crippen LogP contribution in [-0.4, -0.2) is 43.8 Å². The van der Waals surface area contributed by atoms with Crippen molar-refractivity contribution in [2.75, 3.05) is 6.61 Å². The molecule has 1 heterocycles. The van der Waals surface area contributed by atoms with Crippen molar-refractivity contribution in [3.63, 3.8) is 0 Å². The van der Waals surface area contributed by atoms with Crippen molar-refractivity contribution in [3.05, 3.63) is 11.9 Å². The smallest absolute Gasteiger partial charge is 0.249 e. The molecular formula is C14H26N4O3. The molecule has 0 aliphatic heterocycles. The maximum atomic E-state index is 11.8. The van der Waals surface area contributed by atoms with Crippen molar-refractivity contribution in [3.8, 4) is 0 Å². The third kappa shape index (κ3) is 5.43. The molecule has 7 nitrogen and oxygen atoms in total. The van der Waals surface area contributed by atoms with Gasteiger partial charge in [-0.3, -0.25) is 4.79 Å². The molecule has 0 aromatic carbocycles. The summed E-state index contributed by atoms with van der Waals surface area (Å²) in [6.07, 6.45) is 3.65. The molecule has 0 saturated carbocycles. The second-order valence-corrected chi connectivity index (χ2v) is 5.91. The molecule has 3 N–H and O–H groups in total. The first kappa shape index (κ1) is 17.6. The van der Waals surface area contributed by atoms with Crippen LogP contribution in [0, 0.1) is 5.41 Å². The molecule has 0 aliphatic rings. The molecule has 7 heteroatoms. The fraction of sp³-hybridized carbons (Fsp3) is 0.786. The molecule has 0 unspecified atom stereocenters. The normalized spacial score (nSPS) is 13.2. The third-order valence-corrected chi connectivity index (χ3v) is 3.39. The van der Waals surface area contributed by atoms with E-state index in [1.807, 2.05) is 0 Å². The molecule has 1 aromatic rings. The molecule has 120 valence electrons. The second kappa shape index (κ2) is 8.09. The molecule has 0 fully saturated rings. The lowest BCUT2D eigenvalue weighted by Crippen LogP contribution is -2.45. The van der Waals surface area contributed by atoms with E-state index in [0.29, 0.717) is 5.69 Å². The zero-order valence-electron chi connectivity index (χ0n) is 13.0. The average Bonchev–Trinajstić information content (AvgIpc) is 2.92. The SMILES string of the molecule is CCCCCn1ncc(CNC(=O)[C@H](O)C(C)(C)CO)n1. The van der Waals surface area contributed by atoms with E-state index >= 15 is 0 Å². The highest BCUT2D eigenvalue weighted by Gasteiger charge is 2.32. The minimum absolute atomic E-state index is 0.213. The number of carbonyl (C=O) groups is 1. The van der Waals surface area contributed by atoms with Gasteiger partial charge in [0.15, 0.2) is 0 Å². The number of rotatable bonds is 9. The van der Waals surface area contributed by atoms with E-state index in [1.54, 1.807) is 24.8 Å². The van der Waals surface area contributed by atoms with Crippen LogP contribution in [0.5, 0.6) is 0 Å². The monoisotopic (exact) mass is 298 g/mol. The van der Waals surface area contributed by atoms with Crippen molar-refractivity contribution in [1.82, 2.24) is 20.3 Å². The molecule has 21 heavy (non-hydrogen) atoms. The van der Waals surface area contributed by atoms with Crippen LogP contribution >= 0.6 is 0 Å². The summed E-state index contributed by atoms with van der Waals surface area (Å²) in [4.78, 5) is 13.4. The molecule has 0 radical (unpaired) electrons. The Labute approximate surface area is 125 Å². The van der Waals surface area contributed by atoms with Crippen LogP contribution in [-0.2, 0) is 17.9 Å². The first-order valence-corrected chi connectivity index (χ1v) is 7.36. The summed E-state index contributed by atoms with van der Waals surface area (Å²) in [6, 6.07) is 0. The van der Waals surface area contributed by atoms with E-state index in [0.717, 1.165) is 25.8 Å². The van der Waals surface area contributed by atoms with Crippen LogP contribution in [0.15, 0.2) is 6.20 Å². The molecule has 1 aromatic heterocycles. The number of nitrogens with zero attached hydrogens (tertiary/aromatic N) is 3. The summed E-state index contributed by atoms with van der Waals surface area (Å²) in [5, 5.41) is 30.0. The Morgan fingerprint density at radius 3 is 2.81 bits per heavy atom. The standard InChI is InChI=1S/C14H26N4O3/c1-4-5-6-7-18-16-9-11(17-18)8-15-13(21)12(20)14(2,3)10-19/h9,12,19-20H,4-8,10H2,1-3H3,(H,15,21)/t12-/m0/s1. The summed E-state index contributed by atoms with van der Waals surface area (Å²) in [7, 11) is 0. The number of hydrogen-bond donors (Lipinski definition) is 3. The number of amides is 1. The largest absolute Gasteiger partial charge is 0.396 e. The van der Waals surface area contributed by atoms with Gasteiger partial charge in [-0.2, -0.15) is 15.0 Å². The van der Waals surface area contributed by atoms with Gasteiger partial charge in [0.1, 0.15) is 11.8 Å². The summed E-state index contributed by atoms with van der Waals surface area (Å²) in [5.74, 6) is -0.519. The number of unbranched alkanes of at least 4 members (excludes halogenated alkanes) is 2. The Balaban J connectivity index is 2.43. The number of carbonyl (C=O) groups excluding carboxylic acids is 1. The van der Waals surface area contributed by atoms with Crippen LogP contribution in [0.1, 0.15) is 45.7 Å². The van der Waals surface area contributed by atoms with Gasteiger partial charge in [0, 0.05) is 5.41 Å². The van der Waals surface area contributed by atoms with E-state index < -0.39 is 17.4 Å². The maximum absolute atomic E-state index is 11.8.